The predicted octanol–water partition coefficient (Wildman–Crippen LogP) is 3.38. The van der Waals surface area contributed by atoms with Crippen molar-refractivity contribution >= 4 is 34.0 Å². The van der Waals surface area contributed by atoms with Crippen LogP contribution >= 0.6 is 11.3 Å². The van der Waals surface area contributed by atoms with Gasteiger partial charge in [-0.15, -0.1) is 11.3 Å². The fraction of sp³-hybridized carbons (Fsp3) is 0.105. The fourth-order valence-corrected chi connectivity index (χ4v) is 3.38. The summed E-state index contributed by atoms with van der Waals surface area (Å²) >= 11 is 1.51. The van der Waals surface area contributed by atoms with E-state index in [1.54, 1.807) is 24.8 Å². The van der Waals surface area contributed by atoms with Crippen molar-refractivity contribution in [3.63, 3.8) is 0 Å². The summed E-state index contributed by atoms with van der Waals surface area (Å²) in [4.78, 5) is 31.5. The van der Waals surface area contributed by atoms with Gasteiger partial charge in [0.05, 0.1) is 15.9 Å². The van der Waals surface area contributed by atoms with Crippen molar-refractivity contribution in [2.75, 3.05) is 11.9 Å². The van der Waals surface area contributed by atoms with Crippen molar-refractivity contribution in [2.24, 2.45) is 0 Å². The standard InChI is InChI=1S/C19H15N3O3S/c1-21(14-5-3-2-4-6-14)18(23)11-22-15-9-13(17-10-20-12-26-17)7-8-16(15)25-19(22)24/h2-10,12H,11H2,1H3. The van der Waals surface area contributed by atoms with Crippen LogP contribution < -0.4 is 10.7 Å². The number of oxazole rings is 1. The zero-order valence-corrected chi connectivity index (χ0v) is 14.8. The second kappa shape index (κ2) is 6.61. The Bertz CT molecular complexity index is 1110. The van der Waals surface area contributed by atoms with Crippen LogP contribution in [0.1, 0.15) is 0 Å². The van der Waals surface area contributed by atoms with E-state index in [2.05, 4.69) is 4.98 Å². The third-order valence-electron chi connectivity index (χ3n) is 4.20. The summed E-state index contributed by atoms with van der Waals surface area (Å²) < 4.78 is 6.64. The number of carbonyl (C=O) groups is 1. The number of para-hydroxylation sites is 1. The smallest absolute Gasteiger partial charge is 0.408 e. The second-order valence-corrected chi connectivity index (χ2v) is 6.68. The van der Waals surface area contributed by atoms with Crippen molar-refractivity contribution in [3.8, 4) is 10.4 Å². The van der Waals surface area contributed by atoms with Gasteiger partial charge in [-0.05, 0) is 35.9 Å². The zero-order valence-electron chi connectivity index (χ0n) is 14.0. The van der Waals surface area contributed by atoms with Crippen LogP contribution in [-0.2, 0) is 11.3 Å². The topological polar surface area (TPSA) is 68.3 Å². The summed E-state index contributed by atoms with van der Waals surface area (Å²) in [5, 5.41) is 0. The molecule has 0 unspecified atom stereocenters. The number of aromatic nitrogens is 2. The van der Waals surface area contributed by atoms with Gasteiger partial charge in [0.15, 0.2) is 5.58 Å². The number of carbonyl (C=O) groups excluding carboxylic acids is 1. The molecule has 6 nitrogen and oxygen atoms in total. The van der Waals surface area contributed by atoms with Crippen LogP contribution in [-0.4, -0.2) is 22.5 Å². The van der Waals surface area contributed by atoms with Gasteiger partial charge in [0.25, 0.3) is 0 Å². The Balaban J connectivity index is 1.69. The van der Waals surface area contributed by atoms with Crippen LogP contribution in [0.3, 0.4) is 0 Å². The molecule has 0 aliphatic rings. The van der Waals surface area contributed by atoms with E-state index in [1.165, 1.54) is 20.8 Å². The summed E-state index contributed by atoms with van der Waals surface area (Å²) in [7, 11) is 1.69. The minimum Gasteiger partial charge on any atom is -0.408 e. The third kappa shape index (κ3) is 2.93. The number of likely N-dealkylation sites (N-methyl/N-ethyl adjacent to an activating group) is 1. The van der Waals surface area contributed by atoms with Gasteiger partial charge in [-0.25, -0.2) is 4.79 Å². The number of nitrogens with zero attached hydrogens (tertiary/aromatic N) is 3. The molecule has 130 valence electrons. The first-order valence-electron chi connectivity index (χ1n) is 7.97. The highest BCUT2D eigenvalue weighted by Crippen LogP contribution is 2.26. The van der Waals surface area contributed by atoms with Gasteiger partial charge < -0.3 is 9.32 Å². The molecule has 4 rings (SSSR count). The second-order valence-electron chi connectivity index (χ2n) is 5.79. The molecule has 0 atom stereocenters. The molecule has 4 aromatic rings. The highest BCUT2D eigenvalue weighted by atomic mass is 32.1. The summed E-state index contributed by atoms with van der Waals surface area (Å²) in [6, 6.07) is 14.8. The average molecular weight is 365 g/mol. The largest absolute Gasteiger partial charge is 0.420 e. The fourth-order valence-electron chi connectivity index (χ4n) is 2.76. The van der Waals surface area contributed by atoms with E-state index in [0.717, 1.165) is 16.1 Å². The molecule has 0 spiro atoms. The van der Waals surface area contributed by atoms with E-state index in [-0.39, 0.29) is 12.5 Å². The van der Waals surface area contributed by atoms with E-state index in [4.69, 9.17) is 4.42 Å². The van der Waals surface area contributed by atoms with E-state index in [0.29, 0.717) is 11.1 Å². The van der Waals surface area contributed by atoms with Crippen LogP contribution in [0.5, 0.6) is 0 Å². The lowest BCUT2D eigenvalue weighted by Gasteiger charge is -2.17. The summed E-state index contributed by atoms with van der Waals surface area (Å²) in [5.41, 5.74) is 4.50. The molecule has 0 aliphatic carbocycles. The lowest BCUT2D eigenvalue weighted by molar-refractivity contribution is -0.118. The lowest BCUT2D eigenvalue weighted by atomic mass is 10.2. The van der Waals surface area contributed by atoms with Gasteiger partial charge in [-0.2, -0.15) is 0 Å². The average Bonchev–Trinajstić information content (AvgIpc) is 3.30. The molecule has 0 fully saturated rings. The van der Waals surface area contributed by atoms with E-state index in [1.807, 2.05) is 42.5 Å². The van der Waals surface area contributed by atoms with Crippen molar-refractivity contribution < 1.29 is 9.21 Å². The van der Waals surface area contributed by atoms with Crippen LogP contribution in [0.25, 0.3) is 21.5 Å². The first-order valence-corrected chi connectivity index (χ1v) is 8.85. The summed E-state index contributed by atoms with van der Waals surface area (Å²) in [6.07, 6.45) is 1.77. The summed E-state index contributed by atoms with van der Waals surface area (Å²) in [6.45, 7) is -0.0939. The number of rotatable bonds is 4. The van der Waals surface area contributed by atoms with Gasteiger partial charge >= 0.3 is 5.76 Å². The molecule has 0 saturated heterocycles. The number of amides is 1. The van der Waals surface area contributed by atoms with Gasteiger partial charge in [0.2, 0.25) is 5.91 Å². The molecule has 0 aliphatic heterocycles. The number of anilines is 1. The molecule has 2 aromatic carbocycles. The minimum atomic E-state index is -0.545. The SMILES string of the molecule is CN(C(=O)Cn1c(=O)oc2ccc(-c3cncs3)cc21)c1ccccc1. The van der Waals surface area contributed by atoms with Gasteiger partial charge in [0.1, 0.15) is 6.54 Å². The molecule has 2 aromatic heterocycles. The molecule has 26 heavy (non-hydrogen) atoms. The molecule has 0 bridgehead atoms. The molecule has 7 heteroatoms. The number of thiazole rings is 1. The van der Waals surface area contributed by atoms with Crippen molar-refractivity contribution in [1.29, 1.82) is 0 Å². The molecular formula is C19H15N3O3S. The number of fused-ring (bicyclic) bond motifs is 1. The molecule has 0 saturated carbocycles. The van der Waals surface area contributed by atoms with Crippen molar-refractivity contribution in [1.82, 2.24) is 9.55 Å². The maximum Gasteiger partial charge on any atom is 0.420 e. The van der Waals surface area contributed by atoms with Gasteiger partial charge in [-0.1, -0.05) is 18.2 Å². The number of hydrogen-bond acceptors (Lipinski definition) is 5. The molecule has 1 amide bonds. The quantitative estimate of drug-likeness (QED) is 0.556. The molecule has 0 N–H and O–H groups in total. The normalized spacial score (nSPS) is 11.0. The van der Waals surface area contributed by atoms with Crippen LogP contribution in [0.4, 0.5) is 5.69 Å². The third-order valence-corrected chi connectivity index (χ3v) is 5.02. The number of benzene rings is 2. The van der Waals surface area contributed by atoms with E-state index in [9.17, 15) is 9.59 Å². The molecule has 0 radical (unpaired) electrons. The number of hydrogen-bond donors (Lipinski definition) is 0. The Kier molecular flexibility index (Phi) is 4.14. The monoisotopic (exact) mass is 365 g/mol. The first kappa shape index (κ1) is 16.3. The lowest BCUT2D eigenvalue weighted by Crippen LogP contribution is -2.32. The Morgan fingerprint density at radius 1 is 1.23 bits per heavy atom. The van der Waals surface area contributed by atoms with Gasteiger partial charge in [-0.3, -0.25) is 14.3 Å². The van der Waals surface area contributed by atoms with E-state index >= 15 is 0 Å². The maximum atomic E-state index is 12.6. The highest BCUT2D eigenvalue weighted by Gasteiger charge is 2.17. The Morgan fingerprint density at radius 2 is 2.04 bits per heavy atom. The summed E-state index contributed by atoms with van der Waals surface area (Å²) in [5.74, 6) is -0.750. The zero-order chi connectivity index (χ0) is 18.1. The minimum absolute atomic E-state index is 0.0939. The molecule has 2 heterocycles. The van der Waals surface area contributed by atoms with Gasteiger partial charge in [0, 0.05) is 18.9 Å². The predicted molar refractivity (Wildman–Crippen MR) is 101 cm³/mol. The Labute approximate surface area is 152 Å². The Hall–Kier alpha value is -3.19. The van der Waals surface area contributed by atoms with Crippen molar-refractivity contribution in [2.45, 2.75) is 6.54 Å². The Morgan fingerprint density at radius 3 is 2.77 bits per heavy atom. The first-order chi connectivity index (χ1) is 12.6. The highest BCUT2D eigenvalue weighted by molar-refractivity contribution is 7.13. The molecular weight excluding hydrogens is 350 g/mol. The van der Waals surface area contributed by atoms with Crippen LogP contribution in [0.15, 0.2) is 69.5 Å². The maximum absolute atomic E-state index is 12.6. The van der Waals surface area contributed by atoms with E-state index < -0.39 is 5.76 Å². The van der Waals surface area contributed by atoms with Crippen molar-refractivity contribution in [3.05, 3.63) is 70.8 Å². The van der Waals surface area contributed by atoms with Crippen LogP contribution in [0.2, 0.25) is 0 Å². The van der Waals surface area contributed by atoms with Crippen LogP contribution in [0, 0.1) is 0 Å².